The van der Waals surface area contributed by atoms with Gasteiger partial charge in [0, 0.05) is 37.8 Å². The lowest BCUT2D eigenvalue weighted by Gasteiger charge is -2.35. The maximum Gasteiger partial charge on any atom is 0.251 e. The second kappa shape index (κ2) is 7.23. The quantitative estimate of drug-likeness (QED) is 0.796. The van der Waals surface area contributed by atoms with E-state index in [0.717, 1.165) is 18.4 Å². The van der Waals surface area contributed by atoms with Crippen molar-refractivity contribution in [1.82, 2.24) is 9.21 Å². The minimum Gasteiger partial charge on any atom is -0.368 e. The highest BCUT2D eigenvalue weighted by atomic mass is 35.5. The molecule has 0 aliphatic carbocycles. The number of carbonyl (C=O) groups is 1. The van der Waals surface area contributed by atoms with Crippen molar-refractivity contribution in [1.29, 1.82) is 0 Å². The third kappa shape index (κ3) is 3.69. The topological polar surface area (TPSA) is 66.9 Å². The van der Waals surface area contributed by atoms with Crippen molar-refractivity contribution >= 4 is 27.5 Å². The largest absolute Gasteiger partial charge is 0.368 e. The summed E-state index contributed by atoms with van der Waals surface area (Å²) < 4.78 is 32.8. The maximum atomic E-state index is 13.0. The van der Waals surface area contributed by atoms with E-state index in [2.05, 4.69) is 0 Å². The fourth-order valence-corrected chi connectivity index (χ4v) is 5.23. The summed E-state index contributed by atoms with van der Waals surface area (Å²) >= 11 is 6.07. The van der Waals surface area contributed by atoms with E-state index in [4.69, 9.17) is 16.3 Å². The van der Waals surface area contributed by atoms with Gasteiger partial charge in [0.25, 0.3) is 5.91 Å². The van der Waals surface area contributed by atoms with Gasteiger partial charge in [-0.1, -0.05) is 11.6 Å². The second-order valence-electron chi connectivity index (χ2n) is 6.60. The predicted octanol–water partition coefficient (Wildman–Crippen LogP) is 1.97. The summed E-state index contributed by atoms with van der Waals surface area (Å²) in [7, 11) is -3.59. The Kier molecular flexibility index (Phi) is 5.39. The van der Waals surface area contributed by atoms with Crippen molar-refractivity contribution in [2.45, 2.75) is 37.7 Å². The minimum atomic E-state index is -3.59. The van der Waals surface area contributed by atoms with E-state index in [9.17, 15) is 13.2 Å². The van der Waals surface area contributed by atoms with Crippen LogP contribution in [0.3, 0.4) is 0 Å². The van der Waals surface area contributed by atoms with Crippen LogP contribution in [0.1, 0.15) is 24.0 Å². The van der Waals surface area contributed by atoms with Crippen LogP contribution in [0.15, 0.2) is 17.0 Å². The summed E-state index contributed by atoms with van der Waals surface area (Å²) in [6, 6.07) is 3.30. The number of piperazine rings is 1. The van der Waals surface area contributed by atoms with Crippen molar-refractivity contribution in [3.8, 4) is 0 Å². The highest BCUT2D eigenvalue weighted by Gasteiger charge is 2.34. The third-order valence-electron chi connectivity index (χ3n) is 4.83. The first-order valence-corrected chi connectivity index (χ1v) is 10.3. The van der Waals surface area contributed by atoms with E-state index in [1.165, 1.54) is 4.31 Å². The van der Waals surface area contributed by atoms with Crippen LogP contribution in [0, 0.1) is 13.8 Å². The maximum absolute atomic E-state index is 13.0. The Hall–Kier alpha value is -1.15. The zero-order chi connectivity index (χ0) is 18.2. The van der Waals surface area contributed by atoms with Gasteiger partial charge in [0.2, 0.25) is 10.0 Å². The zero-order valence-corrected chi connectivity index (χ0v) is 16.1. The molecule has 1 aromatic rings. The van der Waals surface area contributed by atoms with Crippen LogP contribution in [-0.4, -0.2) is 62.4 Å². The molecule has 25 heavy (non-hydrogen) atoms. The summed E-state index contributed by atoms with van der Waals surface area (Å²) in [6.07, 6.45) is 1.30. The molecule has 0 N–H and O–H groups in total. The monoisotopic (exact) mass is 386 g/mol. The first-order valence-electron chi connectivity index (χ1n) is 8.48. The molecule has 2 fully saturated rings. The Morgan fingerprint density at radius 1 is 1.16 bits per heavy atom. The minimum absolute atomic E-state index is 0.0203. The Bertz CT molecular complexity index is 767. The molecule has 1 unspecified atom stereocenters. The summed E-state index contributed by atoms with van der Waals surface area (Å²) in [5.74, 6) is -0.0203. The van der Waals surface area contributed by atoms with Crippen molar-refractivity contribution in [3.05, 3.63) is 28.3 Å². The van der Waals surface area contributed by atoms with Gasteiger partial charge in [0.15, 0.2) is 0 Å². The number of hydrogen-bond acceptors (Lipinski definition) is 4. The predicted molar refractivity (Wildman–Crippen MR) is 95.2 cm³/mol. The molecule has 0 aromatic heterocycles. The van der Waals surface area contributed by atoms with Gasteiger partial charge >= 0.3 is 0 Å². The molecule has 2 saturated heterocycles. The van der Waals surface area contributed by atoms with E-state index in [1.807, 2.05) is 0 Å². The van der Waals surface area contributed by atoms with Gasteiger partial charge in [0.05, 0.1) is 4.90 Å². The number of nitrogens with zero attached hydrogens (tertiary/aromatic N) is 2. The van der Waals surface area contributed by atoms with Gasteiger partial charge in [-0.15, -0.1) is 0 Å². The molecule has 2 heterocycles. The van der Waals surface area contributed by atoms with Gasteiger partial charge in [-0.25, -0.2) is 8.42 Å². The van der Waals surface area contributed by atoms with Crippen molar-refractivity contribution in [2.75, 3.05) is 32.8 Å². The summed E-state index contributed by atoms with van der Waals surface area (Å²) in [6.45, 7) is 5.53. The summed E-state index contributed by atoms with van der Waals surface area (Å²) in [5, 5.41) is 0.559. The van der Waals surface area contributed by atoms with E-state index < -0.39 is 10.0 Å². The number of carbonyl (C=O) groups excluding carboxylic acids is 1. The molecule has 0 spiro atoms. The van der Waals surface area contributed by atoms with Crippen molar-refractivity contribution in [3.63, 3.8) is 0 Å². The molecule has 138 valence electrons. The number of hydrogen-bond donors (Lipinski definition) is 0. The fourth-order valence-electron chi connectivity index (χ4n) is 3.30. The molecule has 1 atom stereocenters. The lowest BCUT2D eigenvalue weighted by Crippen LogP contribution is -2.52. The van der Waals surface area contributed by atoms with Crippen LogP contribution in [0.25, 0.3) is 0 Å². The van der Waals surface area contributed by atoms with E-state index in [-0.39, 0.29) is 16.9 Å². The molecule has 3 rings (SSSR count). The standard InChI is InChI=1S/C17H23ClN2O4S/c1-12-11-16(13(2)10-14(12)18)25(22,23)20-7-5-19(6-8-20)17(21)15-4-3-9-24-15/h10-11,15H,3-9H2,1-2H3. The molecule has 1 amide bonds. The van der Waals surface area contributed by atoms with Crippen molar-refractivity contribution in [2.24, 2.45) is 0 Å². The highest BCUT2D eigenvalue weighted by molar-refractivity contribution is 7.89. The van der Waals surface area contributed by atoms with Gasteiger partial charge in [-0.2, -0.15) is 4.31 Å². The van der Waals surface area contributed by atoms with E-state index in [0.29, 0.717) is 43.4 Å². The fraction of sp³-hybridized carbons (Fsp3) is 0.588. The van der Waals surface area contributed by atoms with Gasteiger partial charge in [-0.05, 0) is 49.9 Å². The lowest BCUT2D eigenvalue weighted by molar-refractivity contribution is -0.142. The molecule has 0 bridgehead atoms. The van der Waals surface area contributed by atoms with Crippen LogP contribution >= 0.6 is 11.6 Å². The summed E-state index contributed by atoms with van der Waals surface area (Å²) in [4.78, 5) is 14.4. The van der Waals surface area contributed by atoms with E-state index >= 15 is 0 Å². The number of aryl methyl sites for hydroxylation is 2. The Morgan fingerprint density at radius 3 is 2.44 bits per heavy atom. The van der Waals surface area contributed by atoms with Crippen LogP contribution in [0.4, 0.5) is 0 Å². The van der Waals surface area contributed by atoms with Crippen LogP contribution < -0.4 is 0 Å². The number of ether oxygens (including phenoxy) is 1. The Labute approximate surface area is 153 Å². The number of benzene rings is 1. The molecular formula is C17H23ClN2O4S. The molecule has 8 heteroatoms. The van der Waals surface area contributed by atoms with Gasteiger partial charge < -0.3 is 9.64 Å². The Morgan fingerprint density at radius 2 is 1.84 bits per heavy atom. The van der Waals surface area contributed by atoms with Gasteiger partial charge in [-0.3, -0.25) is 4.79 Å². The van der Waals surface area contributed by atoms with Crippen LogP contribution in [0.2, 0.25) is 5.02 Å². The SMILES string of the molecule is Cc1cc(S(=O)(=O)N2CCN(C(=O)C3CCCO3)CC2)c(C)cc1Cl. The average molecular weight is 387 g/mol. The molecule has 0 radical (unpaired) electrons. The number of amides is 1. The number of rotatable bonds is 3. The lowest BCUT2D eigenvalue weighted by atomic mass is 10.2. The van der Waals surface area contributed by atoms with E-state index in [1.54, 1.807) is 30.9 Å². The first kappa shape index (κ1) is 18.6. The third-order valence-corrected chi connectivity index (χ3v) is 7.28. The second-order valence-corrected chi connectivity index (χ2v) is 8.91. The molecule has 2 aliphatic rings. The van der Waals surface area contributed by atoms with Crippen LogP contribution in [0.5, 0.6) is 0 Å². The molecule has 6 nitrogen and oxygen atoms in total. The molecular weight excluding hydrogens is 364 g/mol. The Balaban J connectivity index is 1.71. The zero-order valence-electron chi connectivity index (χ0n) is 14.5. The number of halogens is 1. The van der Waals surface area contributed by atoms with Crippen LogP contribution in [-0.2, 0) is 19.6 Å². The normalized spacial score (nSPS) is 22.4. The van der Waals surface area contributed by atoms with Gasteiger partial charge in [0.1, 0.15) is 6.10 Å². The van der Waals surface area contributed by atoms with Crippen molar-refractivity contribution < 1.29 is 17.9 Å². The smallest absolute Gasteiger partial charge is 0.251 e. The highest BCUT2D eigenvalue weighted by Crippen LogP contribution is 2.27. The number of sulfonamides is 1. The summed E-state index contributed by atoms with van der Waals surface area (Å²) in [5.41, 5.74) is 1.37. The molecule has 1 aromatic carbocycles. The molecule has 0 saturated carbocycles. The first-order chi connectivity index (χ1) is 11.8. The molecule has 2 aliphatic heterocycles. The average Bonchev–Trinajstić information content (AvgIpc) is 3.12.